The predicted octanol–water partition coefficient (Wildman–Crippen LogP) is 2.79. The van der Waals surface area contributed by atoms with Crippen LogP contribution in [0.15, 0.2) is 41.2 Å². The second kappa shape index (κ2) is 7.73. The maximum absolute atomic E-state index is 12.7. The van der Waals surface area contributed by atoms with Crippen LogP contribution in [0.5, 0.6) is 0 Å². The molecule has 1 saturated heterocycles. The quantitative estimate of drug-likeness (QED) is 0.491. The van der Waals surface area contributed by atoms with E-state index in [0.29, 0.717) is 11.3 Å². The maximum Gasteiger partial charge on any atom is 0.262 e. The molecule has 0 N–H and O–H groups in total. The number of aryl methyl sites for hydroxylation is 2. The van der Waals surface area contributed by atoms with Crippen molar-refractivity contribution in [3.05, 3.63) is 57.5 Å². The fourth-order valence-electron chi connectivity index (χ4n) is 4.01. The number of aromatic nitrogens is 5. The number of hydrogen-bond acceptors (Lipinski definition) is 8. The summed E-state index contributed by atoms with van der Waals surface area (Å²) in [5.74, 6) is 1.57. The van der Waals surface area contributed by atoms with Gasteiger partial charge in [-0.3, -0.25) is 9.36 Å². The minimum Gasteiger partial charge on any atom is -0.352 e. The minimum atomic E-state index is -0.0157. The fraction of sp³-hybridized carbons (Fsp3) is 0.318. The Bertz CT molecular complexity index is 1300. The zero-order chi connectivity index (χ0) is 21.5. The summed E-state index contributed by atoms with van der Waals surface area (Å²) < 4.78 is 1.64. The standard InChI is InChI=1S/C22H23N7OS/c1-14-20(31-15(2)23-14)18-8-9-19(26-25-18)28-10-12-29(13-11-28)22-24-17-7-5-4-6-16(17)21(30)27(22)3/h4-9H,10-13H2,1-3H3. The van der Waals surface area contributed by atoms with Crippen LogP contribution in [0.4, 0.5) is 11.8 Å². The van der Waals surface area contributed by atoms with Gasteiger partial charge in [-0.2, -0.15) is 0 Å². The molecule has 1 fully saturated rings. The number of fused-ring (bicyclic) bond motifs is 1. The van der Waals surface area contributed by atoms with Crippen LogP contribution in [0.25, 0.3) is 21.5 Å². The number of thiazole rings is 1. The van der Waals surface area contributed by atoms with Crippen LogP contribution in [0, 0.1) is 13.8 Å². The summed E-state index contributed by atoms with van der Waals surface area (Å²) >= 11 is 1.64. The molecule has 9 heteroatoms. The summed E-state index contributed by atoms with van der Waals surface area (Å²) in [5, 5.41) is 10.6. The number of para-hydroxylation sites is 1. The number of piperazine rings is 1. The molecule has 0 unspecified atom stereocenters. The van der Waals surface area contributed by atoms with E-state index in [0.717, 1.165) is 58.8 Å². The van der Waals surface area contributed by atoms with E-state index >= 15 is 0 Å². The van der Waals surface area contributed by atoms with Crippen molar-refractivity contribution in [3.63, 3.8) is 0 Å². The van der Waals surface area contributed by atoms with Gasteiger partial charge in [0.25, 0.3) is 5.56 Å². The van der Waals surface area contributed by atoms with Crippen LogP contribution < -0.4 is 15.4 Å². The molecule has 0 saturated carbocycles. The highest BCUT2D eigenvalue weighted by molar-refractivity contribution is 7.15. The van der Waals surface area contributed by atoms with Crippen molar-refractivity contribution in [3.8, 4) is 10.6 Å². The lowest BCUT2D eigenvalue weighted by Crippen LogP contribution is -2.48. The second-order valence-corrected chi connectivity index (χ2v) is 8.89. The molecule has 0 amide bonds. The smallest absolute Gasteiger partial charge is 0.262 e. The summed E-state index contributed by atoms with van der Waals surface area (Å²) in [4.78, 5) is 27.4. The van der Waals surface area contributed by atoms with Crippen LogP contribution in [0.2, 0.25) is 0 Å². The summed E-state index contributed by atoms with van der Waals surface area (Å²) in [7, 11) is 1.79. The van der Waals surface area contributed by atoms with Gasteiger partial charge in [-0.15, -0.1) is 21.5 Å². The first-order valence-corrected chi connectivity index (χ1v) is 11.1. The Morgan fingerprint density at radius 2 is 1.65 bits per heavy atom. The number of benzene rings is 1. The van der Waals surface area contributed by atoms with Gasteiger partial charge < -0.3 is 9.80 Å². The first kappa shape index (κ1) is 19.6. The van der Waals surface area contributed by atoms with E-state index in [1.807, 2.05) is 50.2 Å². The highest BCUT2D eigenvalue weighted by Crippen LogP contribution is 2.28. The monoisotopic (exact) mass is 433 g/mol. The Morgan fingerprint density at radius 3 is 2.32 bits per heavy atom. The third kappa shape index (κ3) is 3.54. The average molecular weight is 434 g/mol. The Morgan fingerprint density at radius 1 is 0.903 bits per heavy atom. The van der Waals surface area contributed by atoms with E-state index in [4.69, 9.17) is 4.98 Å². The molecule has 0 atom stereocenters. The molecular weight excluding hydrogens is 410 g/mol. The zero-order valence-corrected chi connectivity index (χ0v) is 18.6. The molecule has 1 aliphatic heterocycles. The van der Waals surface area contributed by atoms with E-state index in [1.54, 1.807) is 23.0 Å². The molecule has 4 heterocycles. The molecule has 1 aliphatic rings. The third-order valence-electron chi connectivity index (χ3n) is 5.63. The van der Waals surface area contributed by atoms with Gasteiger partial charge in [0.15, 0.2) is 5.82 Å². The van der Waals surface area contributed by atoms with Crippen molar-refractivity contribution >= 4 is 34.0 Å². The molecule has 158 valence electrons. The molecule has 5 rings (SSSR count). The molecule has 8 nitrogen and oxygen atoms in total. The van der Waals surface area contributed by atoms with Gasteiger partial charge >= 0.3 is 0 Å². The Hall–Kier alpha value is -3.33. The molecule has 0 aliphatic carbocycles. The van der Waals surface area contributed by atoms with E-state index in [2.05, 4.69) is 25.0 Å². The maximum atomic E-state index is 12.7. The molecular formula is C22H23N7OS. The van der Waals surface area contributed by atoms with Crippen molar-refractivity contribution in [2.45, 2.75) is 13.8 Å². The van der Waals surface area contributed by atoms with Gasteiger partial charge in [-0.1, -0.05) is 12.1 Å². The summed E-state index contributed by atoms with van der Waals surface area (Å²) in [5.41, 5.74) is 2.57. The predicted molar refractivity (Wildman–Crippen MR) is 124 cm³/mol. The Kier molecular flexibility index (Phi) is 4.90. The molecule has 0 radical (unpaired) electrons. The Labute approximate surface area is 183 Å². The first-order valence-electron chi connectivity index (χ1n) is 10.2. The summed E-state index contributed by atoms with van der Waals surface area (Å²) in [6.07, 6.45) is 0. The van der Waals surface area contributed by atoms with Gasteiger partial charge in [0.1, 0.15) is 5.69 Å². The normalized spacial score (nSPS) is 14.4. The van der Waals surface area contributed by atoms with Gasteiger partial charge in [0, 0.05) is 33.2 Å². The molecule has 0 spiro atoms. The average Bonchev–Trinajstić information content (AvgIpc) is 3.14. The fourth-order valence-corrected chi connectivity index (χ4v) is 4.89. The van der Waals surface area contributed by atoms with Crippen LogP contribution in [-0.2, 0) is 7.05 Å². The largest absolute Gasteiger partial charge is 0.352 e. The zero-order valence-electron chi connectivity index (χ0n) is 17.7. The van der Waals surface area contributed by atoms with Crippen molar-refractivity contribution in [1.82, 2.24) is 24.7 Å². The van der Waals surface area contributed by atoms with E-state index < -0.39 is 0 Å². The number of nitrogens with zero attached hydrogens (tertiary/aromatic N) is 7. The lowest BCUT2D eigenvalue weighted by molar-refractivity contribution is 0.616. The summed E-state index contributed by atoms with van der Waals surface area (Å²) in [6, 6.07) is 11.5. The number of anilines is 2. The topological polar surface area (TPSA) is 80.0 Å². The van der Waals surface area contributed by atoms with E-state index in [9.17, 15) is 4.79 Å². The molecule has 31 heavy (non-hydrogen) atoms. The molecule has 1 aromatic carbocycles. The van der Waals surface area contributed by atoms with Gasteiger partial charge in [0.2, 0.25) is 5.95 Å². The van der Waals surface area contributed by atoms with Crippen molar-refractivity contribution < 1.29 is 0 Å². The van der Waals surface area contributed by atoms with Crippen LogP contribution >= 0.6 is 11.3 Å². The van der Waals surface area contributed by atoms with Gasteiger partial charge in [-0.25, -0.2) is 9.97 Å². The third-order valence-corrected chi connectivity index (χ3v) is 6.73. The lowest BCUT2D eigenvalue weighted by Gasteiger charge is -2.36. The number of rotatable bonds is 3. The molecule has 0 bridgehead atoms. The van der Waals surface area contributed by atoms with Crippen molar-refractivity contribution in [2.75, 3.05) is 36.0 Å². The highest BCUT2D eigenvalue weighted by atomic mass is 32.1. The molecule has 4 aromatic rings. The van der Waals surface area contributed by atoms with Crippen molar-refractivity contribution in [1.29, 1.82) is 0 Å². The Balaban J connectivity index is 1.33. The van der Waals surface area contributed by atoms with Crippen molar-refractivity contribution in [2.24, 2.45) is 7.05 Å². The lowest BCUT2D eigenvalue weighted by atomic mass is 10.2. The van der Waals surface area contributed by atoms with E-state index in [-0.39, 0.29) is 5.56 Å². The highest BCUT2D eigenvalue weighted by Gasteiger charge is 2.22. The van der Waals surface area contributed by atoms with Gasteiger partial charge in [-0.05, 0) is 38.1 Å². The SMILES string of the molecule is Cc1nc(C)c(-c2ccc(N3CCN(c4nc5ccccc5c(=O)n4C)CC3)nn2)s1. The second-order valence-electron chi connectivity index (χ2n) is 7.69. The van der Waals surface area contributed by atoms with Crippen LogP contribution in [0.3, 0.4) is 0 Å². The first-order chi connectivity index (χ1) is 15.0. The van der Waals surface area contributed by atoms with E-state index in [1.165, 1.54) is 0 Å². The van der Waals surface area contributed by atoms with Crippen LogP contribution in [0.1, 0.15) is 10.7 Å². The number of hydrogen-bond donors (Lipinski definition) is 0. The summed E-state index contributed by atoms with van der Waals surface area (Å²) in [6.45, 7) is 7.10. The minimum absolute atomic E-state index is 0.0157. The van der Waals surface area contributed by atoms with Crippen LogP contribution in [-0.4, -0.2) is 50.9 Å². The van der Waals surface area contributed by atoms with Gasteiger partial charge in [0.05, 0.1) is 26.5 Å². The molecule has 3 aromatic heterocycles.